The Kier molecular flexibility index (Phi) is 3.89. The van der Waals surface area contributed by atoms with Crippen LogP contribution in [0.1, 0.15) is 32.3 Å². The molecule has 0 radical (unpaired) electrons. The molecule has 0 aliphatic heterocycles. The number of nitrogens with one attached hydrogen (secondary N) is 1. The van der Waals surface area contributed by atoms with Gasteiger partial charge in [0.1, 0.15) is 5.75 Å². The fourth-order valence-corrected chi connectivity index (χ4v) is 2.35. The zero-order valence-electron chi connectivity index (χ0n) is 10.6. The second kappa shape index (κ2) is 5.41. The predicted molar refractivity (Wildman–Crippen MR) is 69.3 cm³/mol. The Morgan fingerprint density at radius 2 is 2.18 bits per heavy atom. The van der Waals surface area contributed by atoms with Crippen LogP contribution in [0.4, 0.5) is 5.69 Å². The lowest BCUT2D eigenvalue weighted by molar-refractivity contribution is 0.267. The largest absolute Gasteiger partial charge is 0.494 e. The van der Waals surface area contributed by atoms with Crippen molar-refractivity contribution in [2.45, 2.75) is 39.3 Å². The first-order valence-corrected chi connectivity index (χ1v) is 6.36. The smallest absolute Gasteiger partial charge is 0.124 e. The van der Waals surface area contributed by atoms with Gasteiger partial charge in [0, 0.05) is 17.3 Å². The van der Waals surface area contributed by atoms with Crippen molar-refractivity contribution in [3.63, 3.8) is 0 Å². The summed E-state index contributed by atoms with van der Waals surface area (Å²) in [5.74, 6) is 1.62. The average molecular weight is 235 g/mol. The van der Waals surface area contributed by atoms with Crippen molar-refractivity contribution < 1.29 is 9.84 Å². The van der Waals surface area contributed by atoms with Crippen molar-refractivity contribution in [3.05, 3.63) is 23.8 Å². The Bertz CT molecular complexity index is 372. The van der Waals surface area contributed by atoms with Crippen LogP contribution in [-0.2, 0) is 6.61 Å². The van der Waals surface area contributed by atoms with Crippen LogP contribution in [0.3, 0.4) is 0 Å². The molecule has 2 N–H and O–H groups in total. The number of hydrogen-bond acceptors (Lipinski definition) is 3. The summed E-state index contributed by atoms with van der Waals surface area (Å²) in [7, 11) is 0. The van der Waals surface area contributed by atoms with Crippen LogP contribution < -0.4 is 10.1 Å². The summed E-state index contributed by atoms with van der Waals surface area (Å²) in [6.07, 6.45) is 2.48. The first kappa shape index (κ1) is 12.2. The van der Waals surface area contributed by atoms with Gasteiger partial charge in [-0.05, 0) is 43.9 Å². The van der Waals surface area contributed by atoms with Crippen LogP contribution in [0.15, 0.2) is 18.2 Å². The lowest BCUT2D eigenvalue weighted by Crippen LogP contribution is -2.33. The lowest BCUT2D eigenvalue weighted by Gasteiger charge is -2.34. The van der Waals surface area contributed by atoms with E-state index in [1.54, 1.807) is 0 Å². The van der Waals surface area contributed by atoms with Crippen molar-refractivity contribution in [2.75, 3.05) is 11.9 Å². The molecule has 1 aliphatic carbocycles. The number of aliphatic hydroxyl groups excluding tert-OH is 1. The van der Waals surface area contributed by atoms with Crippen LogP contribution in [-0.4, -0.2) is 17.8 Å². The van der Waals surface area contributed by atoms with Gasteiger partial charge in [-0.2, -0.15) is 0 Å². The summed E-state index contributed by atoms with van der Waals surface area (Å²) in [5, 5.41) is 12.8. The van der Waals surface area contributed by atoms with Crippen molar-refractivity contribution in [1.82, 2.24) is 0 Å². The monoisotopic (exact) mass is 235 g/mol. The third kappa shape index (κ3) is 2.91. The van der Waals surface area contributed by atoms with Crippen LogP contribution in [0, 0.1) is 5.92 Å². The lowest BCUT2D eigenvalue weighted by atomic mass is 9.82. The Hall–Kier alpha value is -1.22. The second-order valence-corrected chi connectivity index (χ2v) is 4.83. The van der Waals surface area contributed by atoms with Gasteiger partial charge < -0.3 is 15.2 Å². The van der Waals surface area contributed by atoms with Gasteiger partial charge in [0.05, 0.1) is 13.2 Å². The van der Waals surface area contributed by atoms with Gasteiger partial charge in [-0.15, -0.1) is 0 Å². The topological polar surface area (TPSA) is 41.5 Å². The Morgan fingerprint density at radius 3 is 2.76 bits per heavy atom. The highest BCUT2D eigenvalue weighted by Crippen LogP contribution is 2.31. The van der Waals surface area contributed by atoms with E-state index in [2.05, 4.69) is 12.2 Å². The second-order valence-electron chi connectivity index (χ2n) is 4.83. The molecule has 0 aromatic heterocycles. The fourth-order valence-electron chi connectivity index (χ4n) is 2.35. The summed E-state index contributed by atoms with van der Waals surface area (Å²) in [6, 6.07) is 6.52. The summed E-state index contributed by atoms with van der Waals surface area (Å²) >= 11 is 0. The molecule has 1 fully saturated rings. The van der Waals surface area contributed by atoms with Gasteiger partial charge in [-0.1, -0.05) is 6.92 Å². The molecule has 0 heterocycles. The maximum absolute atomic E-state index is 9.31. The van der Waals surface area contributed by atoms with E-state index in [1.807, 2.05) is 25.1 Å². The van der Waals surface area contributed by atoms with Crippen molar-refractivity contribution in [2.24, 2.45) is 5.92 Å². The van der Waals surface area contributed by atoms with Crippen molar-refractivity contribution in [1.29, 1.82) is 0 Å². The number of anilines is 1. The van der Waals surface area contributed by atoms with E-state index in [-0.39, 0.29) is 6.61 Å². The van der Waals surface area contributed by atoms with Crippen molar-refractivity contribution >= 4 is 5.69 Å². The standard InChI is InChI=1S/C14H21NO2/c1-3-17-14-5-4-12(8-11(14)9-16)15-13-6-10(2)7-13/h4-5,8,10,13,15-16H,3,6-7,9H2,1-2H3. The quantitative estimate of drug-likeness (QED) is 0.824. The summed E-state index contributed by atoms with van der Waals surface area (Å²) in [6.45, 7) is 4.87. The molecule has 17 heavy (non-hydrogen) atoms. The normalized spacial score (nSPS) is 23.0. The van der Waals surface area contributed by atoms with Gasteiger partial charge >= 0.3 is 0 Å². The number of aliphatic hydroxyl groups is 1. The molecule has 1 aliphatic rings. The van der Waals surface area contributed by atoms with Crippen molar-refractivity contribution in [3.8, 4) is 5.75 Å². The van der Waals surface area contributed by atoms with Gasteiger partial charge in [-0.25, -0.2) is 0 Å². The van der Waals surface area contributed by atoms with Crippen LogP contribution >= 0.6 is 0 Å². The summed E-state index contributed by atoms with van der Waals surface area (Å²) < 4.78 is 5.46. The molecule has 1 saturated carbocycles. The molecule has 0 bridgehead atoms. The third-order valence-corrected chi connectivity index (χ3v) is 3.28. The summed E-state index contributed by atoms with van der Waals surface area (Å²) in [4.78, 5) is 0. The highest BCUT2D eigenvalue weighted by atomic mass is 16.5. The highest BCUT2D eigenvalue weighted by Gasteiger charge is 2.24. The number of ether oxygens (including phenoxy) is 1. The van der Waals surface area contributed by atoms with Gasteiger partial charge in [-0.3, -0.25) is 0 Å². The maximum Gasteiger partial charge on any atom is 0.124 e. The maximum atomic E-state index is 9.31. The van der Waals surface area contributed by atoms with E-state index in [0.29, 0.717) is 12.6 Å². The molecule has 3 heteroatoms. The number of benzene rings is 1. The van der Waals surface area contributed by atoms with Gasteiger partial charge in [0.2, 0.25) is 0 Å². The van der Waals surface area contributed by atoms with E-state index >= 15 is 0 Å². The van der Waals surface area contributed by atoms with E-state index < -0.39 is 0 Å². The SMILES string of the molecule is CCOc1ccc(NC2CC(C)C2)cc1CO. The van der Waals surface area contributed by atoms with Gasteiger partial charge in [0.25, 0.3) is 0 Å². The molecule has 2 rings (SSSR count). The minimum atomic E-state index is 0.0198. The van der Waals surface area contributed by atoms with Crippen LogP contribution in [0.5, 0.6) is 5.75 Å². The predicted octanol–water partition coefficient (Wildman–Crippen LogP) is 2.79. The molecule has 0 atom stereocenters. The molecule has 0 saturated heterocycles. The molecular formula is C14H21NO2. The minimum Gasteiger partial charge on any atom is -0.494 e. The molecule has 1 aromatic carbocycles. The van der Waals surface area contributed by atoms with Gasteiger partial charge in [0.15, 0.2) is 0 Å². The van der Waals surface area contributed by atoms with Crippen LogP contribution in [0.25, 0.3) is 0 Å². The summed E-state index contributed by atoms with van der Waals surface area (Å²) in [5.41, 5.74) is 1.93. The van der Waals surface area contributed by atoms with E-state index in [9.17, 15) is 5.11 Å². The third-order valence-electron chi connectivity index (χ3n) is 3.28. The van der Waals surface area contributed by atoms with Crippen LogP contribution in [0.2, 0.25) is 0 Å². The molecule has 0 unspecified atom stereocenters. The molecular weight excluding hydrogens is 214 g/mol. The Labute approximate surface area is 103 Å². The minimum absolute atomic E-state index is 0.0198. The Morgan fingerprint density at radius 1 is 1.41 bits per heavy atom. The highest BCUT2D eigenvalue weighted by molar-refractivity contribution is 5.51. The zero-order chi connectivity index (χ0) is 12.3. The number of rotatable bonds is 5. The molecule has 0 spiro atoms. The van der Waals surface area contributed by atoms with E-state index in [0.717, 1.165) is 22.9 Å². The molecule has 3 nitrogen and oxygen atoms in total. The number of hydrogen-bond donors (Lipinski definition) is 2. The Balaban J connectivity index is 2.03. The molecule has 94 valence electrons. The first-order chi connectivity index (χ1) is 8.22. The molecule has 0 amide bonds. The average Bonchev–Trinajstić information content (AvgIpc) is 2.29. The first-order valence-electron chi connectivity index (χ1n) is 6.36. The van der Waals surface area contributed by atoms with E-state index in [4.69, 9.17) is 4.74 Å². The molecule has 1 aromatic rings. The fraction of sp³-hybridized carbons (Fsp3) is 0.571. The zero-order valence-corrected chi connectivity index (χ0v) is 10.6. The van der Waals surface area contributed by atoms with E-state index in [1.165, 1.54) is 12.8 Å².